The number of rotatable bonds is 4. The number of hydrogen-bond donors (Lipinski definition) is 5. The van der Waals surface area contributed by atoms with E-state index in [0.29, 0.717) is 34.3 Å². The van der Waals surface area contributed by atoms with Crippen LogP contribution < -0.4 is 17.0 Å². The number of aromatic nitrogens is 5. The number of hydrogen-bond acceptors (Lipinski definition) is 5. The summed E-state index contributed by atoms with van der Waals surface area (Å²) in [5, 5.41) is 8.35. The fourth-order valence-corrected chi connectivity index (χ4v) is 4.06. The van der Waals surface area contributed by atoms with Gasteiger partial charge in [0, 0.05) is 40.6 Å². The molecule has 0 fully saturated rings. The number of aromatic amines is 3. The molecular formula is C22H21BrN6O4. The topological polar surface area (TPSA) is 163 Å². The van der Waals surface area contributed by atoms with E-state index in [9.17, 15) is 9.59 Å². The van der Waals surface area contributed by atoms with Crippen molar-refractivity contribution in [1.82, 2.24) is 24.5 Å². The van der Waals surface area contributed by atoms with Gasteiger partial charge in [-0.2, -0.15) is 0 Å². The van der Waals surface area contributed by atoms with Gasteiger partial charge in [-0.25, -0.2) is 9.78 Å². The highest BCUT2D eigenvalue weighted by Gasteiger charge is 2.16. The van der Waals surface area contributed by atoms with Gasteiger partial charge in [0.2, 0.25) is 0 Å². The number of halogens is 1. The zero-order chi connectivity index (χ0) is 23.7. The van der Waals surface area contributed by atoms with Crippen LogP contribution in [0.3, 0.4) is 0 Å². The molecule has 0 aliphatic carbocycles. The average molecular weight is 513 g/mol. The third kappa shape index (κ3) is 4.59. The van der Waals surface area contributed by atoms with E-state index >= 15 is 0 Å². The van der Waals surface area contributed by atoms with Crippen molar-refractivity contribution in [1.29, 1.82) is 0 Å². The van der Waals surface area contributed by atoms with Crippen molar-refractivity contribution in [2.75, 3.05) is 6.54 Å². The van der Waals surface area contributed by atoms with E-state index < -0.39 is 5.97 Å². The highest BCUT2D eigenvalue weighted by atomic mass is 79.9. The predicted molar refractivity (Wildman–Crippen MR) is 130 cm³/mol. The van der Waals surface area contributed by atoms with Gasteiger partial charge < -0.3 is 30.4 Å². The molecule has 0 aliphatic heterocycles. The van der Waals surface area contributed by atoms with E-state index in [1.54, 1.807) is 12.1 Å². The highest BCUT2D eigenvalue weighted by molar-refractivity contribution is 9.10. The van der Waals surface area contributed by atoms with Crippen LogP contribution in [0.1, 0.15) is 13.3 Å². The molecule has 6 N–H and O–H groups in total. The number of nitrogens with zero attached hydrogens (tertiary/aromatic N) is 2. The lowest BCUT2D eigenvalue weighted by Gasteiger charge is -2.03. The molecule has 3 heterocycles. The molecule has 5 aromatic rings. The average Bonchev–Trinajstić information content (AvgIpc) is 3.28. The summed E-state index contributed by atoms with van der Waals surface area (Å²) in [6.07, 6.45) is 2.78. The van der Waals surface area contributed by atoms with Gasteiger partial charge in [0.15, 0.2) is 0 Å². The normalized spacial score (nSPS) is 11.1. The summed E-state index contributed by atoms with van der Waals surface area (Å²) in [6, 6.07) is 9.44. The van der Waals surface area contributed by atoms with E-state index in [1.165, 1.54) is 0 Å². The van der Waals surface area contributed by atoms with Gasteiger partial charge in [0.05, 0.1) is 22.1 Å². The van der Waals surface area contributed by atoms with Crippen LogP contribution in [-0.4, -0.2) is 42.1 Å². The quantitative estimate of drug-likeness (QED) is 0.248. The molecule has 0 amide bonds. The second kappa shape index (κ2) is 9.04. The van der Waals surface area contributed by atoms with Crippen molar-refractivity contribution in [3.05, 3.63) is 61.8 Å². The van der Waals surface area contributed by atoms with E-state index in [0.717, 1.165) is 40.8 Å². The SMILES string of the molecule is CC(=O)O.NCCCn1cc(-c2nc3cc4[nH]c(=O)[nH]c4cc3[nH]c2=O)c2cc(Br)ccc21. The van der Waals surface area contributed by atoms with E-state index in [4.69, 9.17) is 15.6 Å². The number of benzene rings is 2. The summed E-state index contributed by atoms with van der Waals surface area (Å²) in [4.78, 5) is 46.4. The lowest BCUT2D eigenvalue weighted by Crippen LogP contribution is -2.11. The van der Waals surface area contributed by atoms with Gasteiger partial charge in [0.1, 0.15) is 5.69 Å². The van der Waals surface area contributed by atoms with Crippen molar-refractivity contribution >= 4 is 54.9 Å². The fourth-order valence-electron chi connectivity index (χ4n) is 3.70. The Morgan fingerprint density at radius 3 is 2.52 bits per heavy atom. The van der Waals surface area contributed by atoms with Gasteiger partial charge in [-0.15, -0.1) is 0 Å². The number of fused-ring (bicyclic) bond motifs is 3. The first-order chi connectivity index (χ1) is 15.8. The Morgan fingerprint density at radius 2 is 1.82 bits per heavy atom. The molecule has 0 radical (unpaired) electrons. The Kier molecular flexibility index (Phi) is 6.16. The molecule has 11 heteroatoms. The Labute approximate surface area is 194 Å². The number of imidazole rings is 1. The lowest BCUT2D eigenvalue weighted by atomic mass is 10.1. The van der Waals surface area contributed by atoms with Crippen molar-refractivity contribution in [2.24, 2.45) is 5.73 Å². The Morgan fingerprint density at radius 1 is 1.12 bits per heavy atom. The van der Waals surface area contributed by atoms with Crippen LogP contribution in [0.2, 0.25) is 0 Å². The van der Waals surface area contributed by atoms with Crippen molar-refractivity contribution < 1.29 is 9.90 Å². The Bertz CT molecular complexity index is 1610. The summed E-state index contributed by atoms with van der Waals surface area (Å²) in [6.45, 7) is 2.43. The van der Waals surface area contributed by atoms with Crippen LogP contribution in [0, 0.1) is 0 Å². The minimum absolute atomic E-state index is 0.285. The number of H-pyrrole nitrogens is 3. The number of carboxylic acids is 1. The Hall–Kier alpha value is -3.70. The maximum Gasteiger partial charge on any atom is 0.323 e. The summed E-state index contributed by atoms with van der Waals surface area (Å²) in [7, 11) is 0. The van der Waals surface area contributed by atoms with Gasteiger partial charge in [-0.3, -0.25) is 9.59 Å². The molecule has 3 aromatic heterocycles. The highest BCUT2D eigenvalue weighted by Crippen LogP contribution is 2.31. The second-order valence-corrected chi connectivity index (χ2v) is 8.38. The largest absolute Gasteiger partial charge is 0.481 e. The van der Waals surface area contributed by atoms with E-state index in [2.05, 4.69) is 40.4 Å². The number of nitrogens with one attached hydrogen (secondary N) is 3. The number of carboxylic acid groups (broad SMARTS) is 1. The Balaban J connectivity index is 0.000000601. The number of nitrogens with two attached hydrogens (primary N) is 1. The van der Waals surface area contributed by atoms with Crippen molar-refractivity contribution in [3.63, 3.8) is 0 Å². The molecule has 0 aliphatic rings. The van der Waals surface area contributed by atoms with Crippen molar-refractivity contribution in [2.45, 2.75) is 19.9 Å². The van der Waals surface area contributed by atoms with Crippen LogP contribution in [0.25, 0.3) is 44.2 Å². The molecule has 33 heavy (non-hydrogen) atoms. The molecule has 10 nitrogen and oxygen atoms in total. The lowest BCUT2D eigenvalue weighted by molar-refractivity contribution is -0.134. The second-order valence-electron chi connectivity index (χ2n) is 7.47. The van der Waals surface area contributed by atoms with E-state index in [-0.39, 0.29) is 11.2 Å². The first-order valence-corrected chi connectivity index (χ1v) is 10.9. The molecule has 0 spiro atoms. The van der Waals surface area contributed by atoms with Crippen LogP contribution in [0.15, 0.2) is 50.6 Å². The minimum Gasteiger partial charge on any atom is -0.481 e. The first-order valence-electron chi connectivity index (χ1n) is 10.1. The third-order valence-electron chi connectivity index (χ3n) is 5.03. The van der Waals surface area contributed by atoms with Crippen molar-refractivity contribution in [3.8, 4) is 11.3 Å². The van der Waals surface area contributed by atoms with Gasteiger partial charge in [0.25, 0.3) is 11.5 Å². The molecule has 0 saturated heterocycles. The molecule has 0 unspecified atom stereocenters. The van der Waals surface area contributed by atoms with Crippen LogP contribution in [-0.2, 0) is 11.3 Å². The number of aliphatic carboxylic acids is 1. The summed E-state index contributed by atoms with van der Waals surface area (Å²) < 4.78 is 3.02. The zero-order valence-electron chi connectivity index (χ0n) is 17.6. The van der Waals surface area contributed by atoms with Gasteiger partial charge >= 0.3 is 5.69 Å². The van der Waals surface area contributed by atoms with Gasteiger partial charge in [-0.05, 0) is 43.3 Å². The smallest absolute Gasteiger partial charge is 0.323 e. The zero-order valence-corrected chi connectivity index (χ0v) is 19.2. The molecule has 0 saturated carbocycles. The predicted octanol–water partition coefficient (Wildman–Crippen LogP) is 2.92. The van der Waals surface area contributed by atoms with Crippen LogP contribution in [0.4, 0.5) is 0 Å². The fraction of sp³-hybridized carbons (Fsp3) is 0.182. The maximum absolute atomic E-state index is 12.9. The summed E-state index contributed by atoms with van der Waals surface area (Å²) >= 11 is 3.52. The molecule has 170 valence electrons. The molecule has 0 atom stereocenters. The van der Waals surface area contributed by atoms with E-state index in [1.807, 2.05) is 24.4 Å². The maximum atomic E-state index is 12.9. The molecular weight excluding hydrogens is 492 g/mol. The van der Waals surface area contributed by atoms with Crippen LogP contribution in [0.5, 0.6) is 0 Å². The monoisotopic (exact) mass is 512 g/mol. The minimum atomic E-state index is -0.833. The summed E-state index contributed by atoms with van der Waals surface area (Å²) in [5.74, 6) is -0.833. The first kappa shape index (κ1) is 22.5. The third-order valence-corrected chi connectivity index (χ3v) is 5.52. The summed E-state index contributed by atoms with van der Waals surface area (Å²) in [5.41, 5.74) is 9.63. The molecule has 5 rings (SSSR count). The number of aryl methyl sites for hydroxylation is 1. The van der Waals surface area contributed by atoms with Crippen LogP contribution >= 0.6 is 15.9 Å². The molecule has 2 aromatic carbocycles. The standard InChI is InChI=1S/C20H17BrN6O2.C2H4O2/c21-10-2-3-17-11(6-10)12(9-27(17)5-1-4-22)18-19(28)24-14-8-16-15(7-13(14)23-18)25-20(29)26-16;1-2(3)4/h2-3,6-9H,1,4-5,22H2,(H,24,28)(H2,25,26,29);1H3,(H,3,4). The molecule has 0 bridgehead atoms. The van der Waals surface area contributed by atoms with Gasteiger partial charge in [-0.1, -0.05) is 15.9 Å². The number of carbonyl (C=O) groups is 1.